The van der Waals surface area contributed by atoms with Crippen molar-refractivity contribution in [2.45, 2.75) is 25.0 Å². The number of nitrogens with zero attached hydrogens (tertiary/aromatic N) is 4. The highest BCUT2D eigenvalue weighted by atomic mass is 35.5. The van der Waals surface area contributed by atoms with E-state index in [0.717, 1.165) is 11.9 Å². The zero-order valence-corrected chi connectivity index (χ0v) is 17.2. The first kappa shape index (κ1) is 19.5. The van der Waals surface area contributed by atoms with Crippen molar-refractivity contribution in [2.24, 2.45) is 0 Å². The summed E-state index contributed by atoms with van der Waals surface area (Å²) in [6, 6.07) is 14.3. The Labute approximate surface area is 175 Å². The van der Waals surface area contributed by atoms with Gasteiger partial charge in [0.2, 0.25) is 11.7 Å². The van der Waals surface area contributed by atoms with Crippen molar-refractivity contribution in [3.8, 4) is 0 Å². The predicted molar refractivity (Wildman–Crippen MR) is 116 cm³/mol. The van der Waals surface area contributed by atoms with Gasteiger partial charge in [-0.3, -0.25) is 18.6 Å². The van der Waals surface area contributed by atoms with Gasteiger partial charge in [0, 0.05) is 17.3 Å². The summed E-state index contributed by atoms with van der Waals surface area (Å²) in [4.78, 5) is 25.2. The van der Waals surface area contributed by atoms with Crippen LogP contribution in [0.5, 0.6) is 0 Å². The molecule has 7 nitrogen and oxygen atoms in total. The number of amides is 1. The molecule has 0 saturated heterocycles. The van der Waals surface area contributed by atoms with Crippen LogP contribution in [0.3, 0.4) is 0 Å². The number of carbonyl (C=O) groups excluding carboxylic acids is 1. The maximum absolute atomic E-state index is 12.8. The van der Waals surface area contributed by atoms with Gasteiger partial charge in [0.05, 0.1) is 16.7 Å². The number of thioether (sulfide) groups is 1. The van der Waals surface area contributed by atoms with Gasteiger partial charge >= 0.3 is 0 Å². The molecule has 1 amide bonds. The molecule has 0 aliphatic heterocycles. The van der Waals surface area contributed by atoms with Crippen LogP contribution < -0.4 is 10.9 Å². The molecule has 0 aliphatic carbocycles. The summed E-state index contributed by atoms with van der Waals surface area (Å²) in [7, 11) is 0. The minimum absolute atomic E-state index is 0.0856. The Kier molecular flexibility index (Phi) is 5.55. The normalized spacial score (nSPS) is 11.2. The van der Waals surface area contributed by atoms with Crippen LogP contribution in [0.1, 0.15) is 13.3 Å². The summed E-state index contributed by atoms with van der Waals surface area (Å²) < 4.78 is 3.47. The third-order valence-electron chi connectivity index (χ3n) is 4.37. The summed E-state index contributed by atoms with van der Waals surface area (Å²) in [5, 5.41) is 13.0. The third kappa shape index (κ3) is 3.86. The van der Waals surface area contributed by atoms with Crippen molar-refractivity contribution >= 4 is 51.6 Å². The number of hydrogen-bond donors (Lipinski definition) is 1. The predicted octanol–water partition coefficient (Wildman–Crippen LogP) is 3.84. The number of hydrogen-bond acceptors (Lipinski definition) is 5. The smallest absolute Gasteiger partial charge is 0.262 e. The first-order valence-electron chi connectivity index (χ1n) is 9.13. The molecule has 0 aliphatic rings. The van der Waals surface area contributed by atoms with Crippen LogP contribution in [0.4, 0.5) is 5.69 Å². The molecule has 0 radical (unpaired) electrons. The van der Waals surface area contributed by atoms with Crippen molar-refractivity contribution in [1.82, 2.24) is 19.2 Å². The second kappa shape index (κ2) is 8.26. The summed E-state index contributed by atoms with van der Waals surface area (Å²) in [5.41, 5.74) is 1.27. The van der Waals surface area contributed by atoms with E-state index in [1.54, 1.807) is 34.9 Å². The third-order valence-corrected chi connectivity index (χ3v) is 5.53. The second-order valence-electron chi connectivity index (χ2n) is 6.44. The zero-order chi connectivity index (χ0) is 20.4. The zero-order valence-electron chi connectivity index (χ0n) is 15.6. The Morgan fingerprint density at radius 2 is 2.00 bits per heavy atom. The number of rotatable bonds is 6. The molecule has 0 unspecified atom stereocenters. The van der Waals surface area contributed by atoms with Gasteiger partial charge in [0.15, 0.2) is 5.16 Å². The average molecular weight is 428 g/mol. The molecule has 1 N–H and O–H groups in total. The van der Waals surface area contributed by atoms with Gasteiger partial charge in [-0.15, -0.1) is 10.2 Å². The molecule has 29 heavy (non-hydrogen) atoms. The molecule has 148 valence electrons. The lowest BCUT2D eigenvalue weighted by molar-refractivity contribution is -0.113. The molecule has 2 heterocycles. The van der Waals surface area contributed by atoms with Gasteiger partial charge in [-0.25, -0.2) is 0 Å². The van der Waals surface area contributed by atoms with Crippen LogP contribution in [0.2, 0.25) is 5.02 Å². The molecule has 4 rings (SSSR count). The van der Waals surface area contributed by atoms with Crippen molar-refractivity contribution in [1.29, 1.82) is 0 Å². The van der Waals surface area contributed by atoms with E-state index in [2.05, 4.69) is 15.5 Å². The standard InChI is InChI=1S/C20H18ClN5O2S/c1-2-10-25-18(28)15-8-3-4-9-16(15)26-19(25)23-24-20(26)29-12-17(27)22-14-7-5-6-13(21)11-14/h3-9,11H,2,10,12H2,1H3,(H,22,27). The van der Waals surface area contributed by atoms with Crippen LogP contribution in [-0.2, 0) is 11.3 Å². The van der Waals surface area contributed by atoms with Gasteiger partial charge in [-0.2, -0.15) is 0 Å². The van der Waals surface area contributed by atoms with E-state index in [1.165, 1.54) is 11.8 Å². The van der Waals surface area contributed by atoms with Crippen LogP contribution in [0.25, 0.3) is 16.7 Å². The summed E-state index contributed by atoms with van der Waals surface area (Å²) in [6.07, 6.45) is 0.797. The van der Waals surface area contributed by atoms with E-state index in [9.17, 15) is 9.59 Å². The van der Waals surface area contributed by atoms with E-state index < -0.39 is 0 Å². The molecule has 0 saturated carbocycles. The van der Waals surface area contributed by atoms with E-state index in [4.69, 9.17) is 11.6 Å². The number of aromatic nitrogens is 4. The van der Waals surface area contributed by atoms with E-state index in [-0.39, 0.29) is 17.2 Å². The van der Waals surface area contributed by atoms with E-state index in [0.29, 0.717) is 33.6 Å². The van der Waals surface area contributed by atoms with Gasteiger partial charge < -0.3 is 5.32 Å². The average Bonchev–Trinajstić information content (AvgIpc) is 3.13. The fourth-order valence-electron chi connectivity index (χ4n) is 3.15. The Morgan fingerprint density at radius 1 is 1.17 bits per heavy atom. The maximum Gasteiger partial charge on any atom is 0.262 e. The fraction of sp³-hybridized carbons (Fsp3) is 0.200. The molecule has 0 bridgehead atoms. The van der Waals surface area contributed by atoms with Crippen LogP contribution >= 0.6 is 23.4 Å². The summed E-state index contributed by atoms with van der Waals surface area (Å²) in [5.74, 6) is 0.447. The number of fused-ring (bicyclic) bond motifs is 3. The first-order valence-corrected chi connectivity index (χ1v) is 10.5. The second-order valence-corrected chi connectivity index (χ2v) is 7.82. The monoisotopic (exact) mass is 427 g/mol. The van der Waals surface area contributed by atoms with Crippen molar-refractivity contribution in [3.63, 3.8) is 0 Å². The first-order chi connectivity index (χ1) is 14.1. The number of aryl methyl sites for hydroxylation is 1. The van der Waals surface area contributed by atoms with Crippen LogP contribution in [0, 0.1) is 0 Å². The Balaban J connectivity index is 1.66. The molecule has 0 spiro atoms. The quantitative estimate of drug-likeness (QED) is 0.473. The van der Waals surface area contributed by atoms with Gasteiger partial charge in [-0.1, -0.05) is 48.5 Å². The summed E-state index contributed by atoms with van der Waals surface area (Å²) >= 11 is 7.22. The van der Waals surface area contributed by atoms with Crippen molar-refractivity contribution in [3.05, 3.63) is 63.9 Å². The fourth-order valence-corrected chi connectivity index (χ4v) is 4.08. The number of nitrogens with one attached hydrogen (secondary N) is 1. The Morgan fingerprint density at radius 3 is 2.79 bits per heavy atom. The highest BCUT2D eigenvalue weighted by Gasteiger charge is 2.17. The maximum atomic E-state index is 12.8. The summed E-state index contributed by atoms with van der Waals surface area (Å²) in [6.45, 7) is 2.55. The van der Waals surface area contributed by atoms with Crippen LogP contribution in [-0.4, -0.2) is 30.8 Å². The van der Waals surface area contributed by atoms with Crippen molar-refractivity contribution in [2.75, 3.05) is 11.1 Å². The van der Waals surface area contributed by atoms with Gasteiger partial charge in [-0.05, 0) is 36.8 Å². The largest absolute Gasteiger partial charge is 0.325 e. The molecule has 0 atom stereocenters. The highest BCUT2D eigenvalue weighted by molar-refractivity contribution is 7.99. The minimum Gasteiger partial charge on any atom is -0.325 e. The lowest BCUT2D eigenvalue weighted by Crippen LogP contribution is -2.23. The highest BCUT2D eigenvalue weighted by Crippen LogP contribution is 2.22. The molecule has 2 aromatic carbocycles. The lowest BCUT2D eigenvalue weighted by Gasteiger charge is -2.10. The van der Waals surface area contributed by atoms with Crippen molar-refractivity contribution < 1.29 is 4.79 Å². The van der Waals surface area contributed by atoms with E-state index >= 15 is 0 Å². The molecular formula is C20H18ClN5O2S. The van der Waals surface area contributed by atoms with Gasteiger partial charge in [0.25, 0.3) is 5.56 Å². The van der Waals surface area contributed by atoms with Crippen LogP contribution in [0.15, 0.2) is 58.5 Å². The Bertz CT molecular complexity index is 1270. The van der Waals surface area contributed by atoms with E-state index in [1.807, 2.05) is 29.5 Å². The number of anilines is 1. The van der Waals surface area contributed by atoms with Gasteiger partial charge in [0.1, 0.15) is 0 Å². The SMILES string of the molecule is CCCn1c(=O)c2ccccc2n2c(SCC(=O)Nc3cccc(Cl)c3)nnc12. The molecule has 4 aromatic rings. The Hall–Kier alpha value is -2.84. The molecule has 2 aromatic heterocycles. The number of halogens is 1. The number of benzene rings is 2. The topological polar surface area (TPSA) is 81.3 Å². The minimum atomic E-state index is -0.180. The lowest BCUT2D eigenvalue weighted by atomic mass is 10.2. The molecule has 0 fully saturated rings. The molecule has 9 heteroatoms. The molecular weight excluding hydrogens is 410 g/mol. The number of para-hydroxylation sites is 1. The number of carbonyl (C=O) groups is 1.